The second-order valence-electron chi connectivity index (χ2n) is 2.62. The molecule has 0 aromatic rings. The molecule has 0 aliphatic heterocycles. The summed E-state index contributed by atoms with van der Waals surface area (Å²) in [7, 11) is 3.23. The van der Waals surface area contributed by atoms with Gasteiger partial charge in [0.05, 0.1) is 12.2 Å². The Morgan fingerprint density at radius 3 is 1.70 bits per heavy atom. The van der Waals surface area contributed by atoms with Crippen LogP contribution >= 0.6 is 0 Å². The fourth-order valence-corrected chi connectivity index (χ4v) is 1.42. The van der Waals surface area contributed by atoms with E-state index in [1.54, 1.807) is 14.2 Å². The van der Waals surface area contributed by atoms with Gasteiger partial charge in [-0.25, -0.2) is 0 Å². The van der Waals surface area contributed by atoms with Crippen LogP contribution in [0.1, 0.15) is 12.8 Å². The maximum absolute atomic E-state index is 9.40. The topological polar surface area (TPSA) is 38.7 Å². The van der Waals surface area contributed by atoms with Crippen molar-refractivity contribution in [1.29, 1.82) is 0 Å². The Balaban J connectivity index is 2.41. The van der Waals surface area contributed by atoms with Crippen molar-refractivity contribution in [2.45, 2.75) is 31.2 Å². The lowest BCUT2D eigenvalue weighted by atomic mass is 10.2. The molecule has 1 aliphatic carbocycles. The van der Waals surface area contributed by atoms with Crippen molar-refractivity contribution >= 4 is 0 Å². The van der Waals surface area contributed by atoms with Gasteiger partial charge in [-0.2, -0.15) is 0 Å². The molecule has 0 bridgehead atoms. The predicted molar refractivity (Wildman–Crippen MR) is 36.8 cm³/mol. The lowest BCUT2D eigenvalue weighted by molar-refractivity contribution is -0.0508. The molecule has 0 amide bonds. The van der Waals surface area contributed by atoms with Crippen molar-refractivity contribution < 1.29 is 14.6 Å². The Labute approximate surface area is 60.9 Å². The van der Waals surface area contributed by atoms with Crippen LogP contribution in [0.2, 0.25) is 0 Å². The number of hydrogen-bond donors (Lipinski definition) is 1. The van der Waals surface area contributed by atoms with Crippen LogP contribution < -0.4 is 0 Å². The summed E-state index contributed by atoms with van der Waals surface area (Å²) < 4.78 is 10.1. The molecule has 3 heteroatoms. The molecule has 2 atom stereocenters. The van der Waals surface area contributed by atoms with E-state index in [1.165, 1.54) is 0 Å². The largest absolute Gasteiger partial charge is 0.388 e. The van der Waals surface area contributed by atoms with Crippen molar-refractivity contribution in [2.24, 2.45) is 0 Å². The van der Waals surface area contributed by atoms with Gasteiger partial charge in [-0.15, -0.1) is 0 Å². The van der Waals surface area contributed by atoms with Gasteiger partial charge in [0.2, 0.25) is 0 Å². The summed E-state index contributed by atoms with van der Waals surface area (Å²) in [6.45, 7) is 0. The van der Waals surface area contributed by atoms with Gasteiger partial charge in [-0.05, 0) is 12.8 Å². The molecule has 1 N–H and O–H groups in total. The van der Waals surface area contributed by atoms with Gasteiger partial charge in [0.1, 0.15) is 6.10 Å². The third-order valence-corrected chi connectivity index (χ3v) is 2.10. The summed E-state index contributed by atoms with van der Waals surface area (Å²) >= 11 is 0. The first-order valence-electron chi connectivity index (χ1n) is 3.53. The average molecular weight is 146 g/mol. The first kappa shape index (κ1) is 7.98. The number of ether oxygens (including phenoxy) is 2. The second-order valence-corrected chi connectivity index (χ2v) is 2.62. The summed E-state index contributed by atoms with van der Waals surface area (Å²) in [6, 6.07) is 0. The van der Waals surface area contributed by atoms with E-state index >= 15 is 0 Å². The lowest BCUT2D eigenvalue weighted by Crippen LogP contribution is -2.31. The summed E-state index contributed by atoms with van der Waals surface area (Å²) in [5, 5.41) is 9.40. The molecule has 0 saturated heterocycles. The van der Waals surface area contributed by atoms with Gasteiger partial charge >= 0.3 is 0 Å². The molecular formula is C7H14O3. The average Bonchev–Trinajstić information content (AvgIpc) is 2.30. The van der Waals surface area contributed by atoms with Crippen molar-refractivity contribution in [3.05, 3.63) is 0 Å². The van der Waals surface area contributed by atoms with E-state index in [1.807, 2.05) is 0 Å². The van der Waals surface area contributed by atoms with E-state index in [2.05, 4.69) is 0 Å². The van der Waals surface area contributed by atoms with Crippen LogP contribution in [0.15, 0.2) is 0 Å². The Morgan fingerprint density at radius 1 is 1.10 bits per heavy atom. The zero-order valence-corrected chi connectivity index (χ0v) is 6.41. The van der Waals surface area contributed by atoms with Crippen LogP contribution in [0.3, 0.4) is 0 Å². The van der Waals surface area contributed by atoms with Crippen molar-refractivity contribution in [3.63, 3.8) is 0 Å². The minimum absolute atomic E-state index is 0.0232. The van der Waals surface area contributed by atoms with Crippen LogP contribution in [0.5, 0.6) is 0 Å². The minimum atomic E-state index is -0.435. The highest BCUT2D eigenvalue weighted by Crippen LogP contribution is 2.23. The predicted octanol–water partition coefficient (Wildman–Crippen LogP) is 0.171. The van der Waals surface area contributed by atoms with E-state index < -0.39 is 6.10 Å². The SMILES string of the molecule is COC1CCC(OC)C1O. The smallest absolute Gasteiger partial charge is 0.106 e. The standard InChI is InChI=1S/C7H14O3/c1-9-5-3-4-6(10-2)7(5)8/h5-8H,3-4H2,1-2H3. The number of aliphatic hydroxyl groups is 1. The molecule has 1 fully saturated rings. The van der Waals surface area contributed by atoms with Gasteiger partial charge in [-0.1, -0.05) is 0 Å². The molecule has 10 heavy (non-hydrogen) atoms. The molecule has 3 nitrogen and oxygen atoms in total. The molecule has 0 spiro atoms. The highest BCUT2D eigenvalue weighted by atomic mass is 16.5. The summed E-state index contributed by atoms with van der Waals surface area (Å²) in [4.78, 5) is 0. The summed E-state index contributed by atoms with van der Waals surface area (Å²) in [5.74, 6) is 0. The molecular weight excluding hydrogens is 132 g/mol. The fraction of sp³-hybridized carbons (Fsp3) is 1.00. The normalized spacial score (nSPS) is 40.5. The molecule has 1 aliphatic rings. The van der Waals surface area contributed by atoms with Gasteiger partial charge in [-0.3, -0.25) is 0 Å². The van der Waals surface area contributed by atoms with Crippen molar-refractivity contribution in [3.8, 4) is 0 Å². The molecule has 0 heterocycles. The highest BCUT2D eigenvalue weighted by Gasteiger charge is 2.34. The minimum Gasteiger partial charge on any atom is -0.388 e. The Hall–Kier alpha value is -0.120. The zero-order valence-electron chi connectivity index (χ0n) is 6.41. The van der Waals surface area contributed by atoms with E-state index in [0.717, 1.165) is 12.8 Å². The first-order chi connectivity index (χ1) is 4.79. The lowest BCUT2D eigenvalue weighted by Gasteiger charge is -2.16. The van der Waals surface area contributed by atoms with Crippen molar-refractivity contribution in [1.82, 2.24) is 0 Å². The molecule has 60 valence electrons. The second kappa shape index (κ2) is 3.32. The van der Waals surface area contributed by atoms with Gasteiger partial charge in [0.15, 0.2) is 0 Å². The molecule has 0 radical (unpaired) electrons. The molecule has 1 rings (SSSR count). The van der Waals surface area contributed by atoms with Crippen LogP contribution in [0, 0.1) is 0 Å². The van der Waals surface area contributed by atoms with Crippen LogP contribution in [-0.4, -0.2) is 37.6 Å². The monoisotopic (exact) mass is 146 g/mol. The number of hydrogen-bond acceptors (Lipinski definition) is 3. The Morgan fingerprint density at radius 2 is 1.50 bits per heavy atom. The molecule has 0 aromatic carbocycles. The number of methoxy groups -OCH3 is 2. The van der Waals surface area contributed by atoms with E-state index in [9.17, 15) is 5.11 Å². The quantitative estimate of drug-likeness (QED) is 0.603. The molecule has 1 saturated carbocycles. The Kier molecular flexibility index (Phi) is 2.65. The Bertz CT molecular complexity index is 93.0. The highest BCUT2D eigenvalue weighted by molar-refractivity contribution is 4.85. The van der Waals surface area contributed by atoms with Crippen LogP contribution in [0.4, 0.5) is 0 Å². The number of rotatable bonds is 2. The van der Waals surface area contributed by atoms with Crippen molar-refractivity contribution in [2.75, 3.05) is 14.2 Å². The fourth-order valence-electron chi connectivity index (χ4n) is 1.42. The zero-order chi connectivity index (χ0) is 7.56. The van der Waals surface area contributed by atoms with Gasteiger partial charge in [0, 0.05) is 14.2 Å². The third-order valence-electron chi connectivity index (χ3n) is 2.10. The first-order valence-corrected chi connectivity index (χ1v) is 3.53. The molecule has 2 unspecified atom stereocenters. The third kappa shape index (κ3) is 1.31. The van der Waals surface area contributed by atoms with Gasteiger partial charge < -0.3 is 14.6 Å². The number of aliphatic hydroxyl groups excluding tert-OH is 1. The maximum Gasteiger partial charge on any atom is 0.106 e. The summed E-state index contributed by atoms with van der Waals surface area (Å²) in [6.07, 6.45) is 1.32. The van der Waals surface area contributed by atoms with E-state index in [0.29, 0.717) is 0 Å². The van der Waals surface area contributed by atoms with E-state index in [4.69, 9.17) is 9.47 Å². The maximum atomic E-state index is 9.40. The summed E-state index contributed by atoms with van der Waals surface area (Å²) in [5.41, 5.74) is 0. The van der Waals surface area contributed by atoms with Gasteiger partial charge in [0.25, 0.3) is 0 Å². The van der Waals surface area contributed by atoms with Crippen LogP contribution in [-0.2, 0) is 9.47 Å². The molecule has 0 aromatic heterocycles. The van der Waals surface area contributed by atoms with E-state index in [-0.39, 0.29) is 12.2 Å². The van der Waals surface area contributed by atoms with Crippen LogP contribution in [0.25, 0.3) is 0 Å².